The molecule has 0 saturated heterocycles. The fraction of sp³-hybridized carbons (Fsp3) is 0.261. The van der Waals surface area contributed by atoms with Crippen LogP contribution in [0, 0.1) is 10.8 Å². The van der Waals surface area contributed by atoms with Crippen LogP contribution < -0.4 is 11.5 Å². The Labute approximate surface area is 204 Å². The Morgan fingerprint density at radius 1 is 0.939 bits per heavy atom. The van der Waals surface area contributed by atoms with E-state index >= 15 is 0 Å². The van der Waals surface area contributed by atoms with E-state index in [9.17, 15) is 4.79 Å². The Kier molecular flexibility index (Phi) is 10.9. The zero-order valence-electron chi connectivity index (χ0n) is 18.0. The molecule has 0 atom stereocenters. The first-order chi connectivity index (χ1) is 14.9. The summed E-state index contributed by atoms with van der Waals surface area (Å²) in [5.74, 6) is -0.380. The molecule has 0 aliphatic rings. The normalized spacial score (nSPS) is 10.2. The maximum atomic E-state index is 12.5. The van der Waals surface area contributed by atoms with E-state index in [-0.39, 0.29) is 55.5 Å². The molecule has 8 nitrogen and oxygen atoms in total. The monoisotopic (exact) mass is 493 g/mol. The van der Waals surface area contributed by atoms with E-state index in [1.165, 1.54) is 0 Å². The summed E-state index contributed by atoms with van der Waals surface area (Å²) < 4.78 is 5.38. The van der Waals surface area contributed by atoms with E-state index in [2.05, 4.69) is 4.98 Å². The summed E-state index contributed by atoms with van der Waals surface area (Å²) in [6.45, 7) is 0.454. The van der Waals surface area contributed by atoms with Crippen molar-refractivity contribution in [3.05, 3.63) is 59.2 Å². The number of carbonyl (C=O) groups is 1. The Morgan fingerprint density at radius 3 is 2.18 bits per heavy atom. The van der Waals surface area contributed by atoms with Gasteiger partial charge in [0.05, 0.1) is 18.7 Å². The lowest BCUT2D eigenvalue weighted by atomic mass is 10.0. The Hall–Kier alpha value is -3.07. The van der Waals surface area contributed by atoms with Gasteiger partial charge in [-0.1, -0.05) is 36.4 Å². The van der Waals surface area contributed by atoms with Crippen molar-refractivity contribution < 1.29 is 14.6 Å². The summed E-state index contributed by atoms with van der Waals surface area (Å²) in [4.78, 5) is 15.8. The van der Waals surface area contributed by atoms with Gasteiger partial charge >= 0.3 is 5.97 Å². The van der Waals surface area contributed by atoms with Crippen LogP contribution in [0.25, 0.3) is 22.2 Å². The van der Waals surface area contributed by atoms with Gasteiger partial charge in [-0.2, -0.15) is 0 Å². The molecule has 0 aliphatic carbocycles. The molecule has 1 aromatic heterocycles. The maximum absolute atomic E-state index is 12.5. The number of amidine groups is 2. The molecule has 0 spiro atoms. The van der Waals surface area contributed by atoms with Gasteiger partial charge in [-0.05, 0) is 36.5 Å². The van der Waals surface area contributed by atoms with Gasteiger partial charge in [0.15, 0.2) is 0 Å². The summed E-state index contributed by atoms with van der Waals surface area (Å²) in [5, 5.41) is 24.9. The third-order valence-corrected chi connectivity index (χ3v) is 5.09. The van der Waals surface area contributed by atoms with Gasteiger partial charge in [0, 0.05) is 28.6 Å². The second kappa shape index (κ2) is 12.8. The first-order valence-corrected chi connectivity index (χ1v) is 10.1. The molecule has 0 unspecified atom stereocenters. The number of rotatable bonds is 10. The number of esters is 1. The number of hydrogen-bond donors (Lipinski definition) is 6. The number of aromatic nitrogens is 1. The highest BCUT2D eigenvalue weighted by Crippen LogP contribution is 2.32. The van der Waals surface area contributed by atoms with Crippen LogP contribution in [-0.4, -0.2) is 40.9 Å². The maximum Gasteiger partial charge on any atom is 0.310 e. The Bertz CT molecular complexity index is 1110. The molecular weight excluding hydrogens is 465 g/mol. The molecule has 0 saturated carbocycles. The molecule has 1 heterocycles. The van der Waals surface area contributed by atoms with Gasteiger partial charge in [0.25, 0.3) is 0 Å². The number of ether oxygens (including phenoxy) is 1. The predicted molar refractivity (Wildman–Crippen MR) is 136 cm³/mol. The number of aliphatic hydroxyl groups excluding tert-OH is 1. The number of unbranched alkanes of at least 4 members (excludes halogenated alkanes) is 2. The van der Waals surface area contributed by atoms with E-state index in [1.807, 2.05) is 18.2 Å². The van der Waals surface area contributed by atoms with Crippen molar-refractivity contribution in [1.29, 1.82) is 10.8 Å². The molecule has 3 aromatic rings. The van der Waals surface area contributed by atoms with Crippen LogP contribution in [0.15, 0.2) is 42.5 Å². The minimum atomic E-state index is -0.331. The molecule has 2 aromatic carbocycles. The van der Waals surface area contributed by atoms with Crippen molar-refractivity contribution in [3.63, 3.8) is 0 Å². The first-order valence-electron chi connectivity index (χ1n) is 10.1. The first kappa shape index (κ1) is 28.0. The van der Waals surface area contributed by atoms with E-state index in [0.29, 0.717) is 30.6 Å². The van der Waals surface area contributed by atoms with Gasteiger partial charge in [0.1, 0.15) is 11.7 Å². The van der Waals surface area contributed by atoms with Crippen LogP contribution in [0.5, 0.6) is 0 Å². The van der Waals surface area contributed by atoms with Gasteiger partial charge in [0.2, 0.25) is 0 Å². The van der Waals surface area contributed by atoms with Crippen LogP contribution in [-0.2, 0) is 16.0 Å². The highest BCUT2D eigenvalue weighted by Gasteiger charge is 2.18. The van der Waals surface area contributed by atoms with Crippen molar-refractivity contribution in [2.24, 2.45) is 11.5 Å². The molecule has 8 N–H and O–H groups in total. The van der Waals surface area contributed by atoms with Crippen molar-refractivity contribution in [1.82, 2.24) is 4.98 Å². The molecule has 10 heteroatoms. The van der Waals surface area contributed by atoms with Crippen LogP contribution in [0.3, 0.4) is 0 Å². The highest BCUT2D eigenvalue weighted by molar-refractivity contribution is 6.01. The van der Waals surface area contributed by atoms with Gasteiger partial charge in [-0.15, -0.1) is 24.8 Å². The standard InChI is InChI=1S/C23H27N5O3.2ClH/c24-22(25)15-6-4-14(5-7-15)21-18(13-20(30)31-11-3-1-2-10-29)17-9-8-16(23(26)27)12-19(17)28-21;;/h4-9,12,28-29H,1-3,10-11,13H2,(H3,24,25)(H3,26,27);2*1H. The molecule has 0 radical (unpaired) electrons. The summed E-state index contributed by atoms with van der Waals surface area (Å²) in [6, 6.07) is 12.6. The number of benzene rings is 2. The number of nitrogens with two attached hydrogens (primary N) is 2. The number of carbonyl (C=O) groups excluding carboxylic acids is 1. The zero-order chi connectivity index (χ0) is 22.4. The topological polar surface area (TPSA) is 162 Å². The third-order valence-electron chi connectivity index (χ3n) is 5.09. The van der Waals surface area contributed by atoms with Gasteiger partial charge in [-0.25, -0.2) is 0 Å². The lowest BCUT2D eigenvalue weighted by Crippen LogP contribution is -2.11. The minimum Gasteiger partial charge on any atom is -0.465 e. The molecule has 33 heavy (non-hydrogen) atoms. The predicted octanol–water partition coefficient (Wildman–Crippen LogP) is 3.49. The second-order valence-corrected chi connectivity index (χ2v) is 7.33. The summed E-state index contributed by atoms with van der Waals surface area (Å²) in [7, 11) is 0. The van der Waals surface area contributed by atoms with Crippen LogP contribution in [0.2, 0.25) is 0 Å². The Morgan fingerprint density at radius 2 is 1.58 bits per heavy atom. The number of halogens is 2. The molecule has 0 bridgehead atoms. The zero-order valence-corrected chi connectivity index (χ0v) is 19.7. The van der Waals surface area contributed by atoms with Gasteiger partial charge in [-0.3, -0.25) is 15.6 Å². The van der Waals surface area contributed by atoms with Crippen molar-refractivity contribution >= 4 is 53.4 Å². The summed E-state index contributed by atoms with van der Waals surface area (Å²) in [5.41, 5.74) is 15.5. The van der Waals surface area contributed by atoms with E-state index in [4.69, 9.17) is 32.1 Å². The number of aliphatic hydroxyl groups is 1. The van der Waals surface area contributed by atoms with Gasteiger partial charge < -0.3 is 26.3 Å². The SMILES string of the molecule is Cl.Cl.N=C(N)c1ccc(-c2[nH]c3cc(C(=N)N)ccc3c2CC(=O)OCCCCCO)cc1. The fourth-order valence-corrected chi connectivity index (χ4v) is 3.44. The lowest BCUT2D eigenvalue weighted by molar-refractivity contribution is -0.142. The average molecular weight is 494 g/mol. The largest absolute Gasteiger partial charge is 0.465 e. The minimum absolute atomic E-state index is 0. The fourth-order valence-electron chi connectivity index (χ4n) is 3.44. The Balaban J connectivity index is 0.00000272. The van der Waals surface area contributed by atoms with E-state index < -0.39 is 0 Å². The van der Waals surface area contributed by atoms with Crippen LogP contribution in [0.1, 0.15) is 36.0 Å². The lowest BCUT2D eigenvalue weighted by Gasteiger charge is -2.08. The summed E-state index contributed by atoms with van der Waals surface area (Å²) in [6.07, 6.45) is 2.29. The molecule has 0 fully saturated rings. The number of hydrogen-bond acceptors (Lipinski definition) is 5. The molecule has 0 aliphatic heterocycles. The average Bonchev–Trinajstić information content (AvgIpc) is 3.11. The van der Waals surface area contributed by atoms with E-state index in [0.717, 1.165) is 34.1 Å². The number of nitrogens with one attached hydrogen (secondary N) is 3. The molecular formula is C23H29Cl2N5O3. The van der Waals surface area contributed by atoms with Crippen molar-refractivity contribution in [3.8, 4) is 11.3 Å². The number of aromatic amines is 1. The molecule has 0 amide bonds. The van der Waals surface area contributed by atoms with E-state index in [1.54, 1.807) is 24.3 Å². The third kappa shape index (κ3) is 6.95. The highest BCUT2D eigenvalue weighted by atomic mass is 35.5. The summed E-state index contributed by atoms with van der Waals surface area (Å²) >= 11 is 0. The van der Waals surface area contributed by atoms with Crippen molar-refractivity contribution in [2.45, 2.75) is 25.7 Å². The van der Waals surface area contributed by atoms with Crippen LogP contribution >= 0.6 is 24.8 Å². The molecule has 3 rings (SSSR count). The van der Waals surface area contributed by atoms with Crippen molar-refractivity contribution in [2.75, 3.05) is 13.2 Å². The smallest absolute Gasteiger partial charge is 0.310 e. The number of H-pyrrole nitrogens is 1. The van der Waals surface area contributed by atoms with Crippen LogP contribution in [0.4, 0.5) is 0 Å². The number of fused-ring (bicyclic) bond motifs is 1. The quantitative estimate of drug-likeness (QED) is 0.110. The number of nitrogen functional groups attached to an aromatic ring is 2. The second-order valence-electron chi connectivity index (χ2n) is 7.33. The molecule has 178 valence electrons.